The summed E-state index contributed by atoms with van der Waals surface area (Å²) in [7, 11) is 0. The molecular formula is C16H26Hg. The van der Waals surface area contributed by atoms with Crippen LogP contribution in [0.2, 0.25) is 0 Å². The molecule has 0 aromatic rings. The second kappa shape index (κ2) is 16.1. The van der Waals surface area contributed by atoms with Crippen molar-refractivity contribution in [2.45, 2.75) is 78.1 Å². The van der Waals surface area contributed by atoms with Crippen molar-refractivity contribution in [2.75, 3.05) is 0 Å². The first-order valence-corrected chi connectivity index (χ1v) is 12.8. The van der Waals surface area contributed by atoms with Gasteiger partial charge in [-0.25, -0.2) is 0 Å². The monoisotopic (exact) mass is 420 g/mol. The Hall–Kier alpha value is 0.0551. The molecule has 17 heavy (non-hydrogen) atoms. The third-order valence-corrected chi connectivity index (χ3v) is 6.06. The summed E-state index contributed by atoms with van der Waals surface area (Å²) in [5.74, 6) is 6.60. The molecule has 0 aromatic heterocycles. The normalized spacial score (nSPS) is 8.59. The number of rotatable bonds is 8. The molecule has 0 nitrogen and oxygen atoms in total. The molecule has 0 amide bonds. The predicted octanol–water partition coefficient (Wildman–Crippen LogP) is 4.93. The van der Waals surface area contributed by atoms with Crippen molar-refractivity contribution in [1.29, 1.82) is 0 Å². The zero-order chi connectivity index (χ0) is 12.6. The molecule has 1 heteroatoms. The Morgan fingerprint density at radius 3 is 1.53 bits per heavy atom. The zero-order valence-electron chi connectivity index (χ0n) is 11.8. The molecule has 0 saturated heterocycles. The third kappa shape index (κ3) is 16.1. The van der Waals surface area contributed by atoms with E-state index in [4.69, 9.17) is 0 Å². The molecule has 0 radical (unpaired) electrons. The number of hydrogen-bond acceptors (Lipinski definition) is 0. The Bertz CT molecular complexity index is 231. The van der Waals surface area contributed by atoms with Crippen molar-refractivity contribution in [2.24, 2.45) is 0 Å². The van der Waals surface area contributed by atoms with Crippen LogP contribution in [-0.4, -0.2) is 0 Å². The van der Waals surface area contributed by atoms with Gasteiger partial charge in [-0.2, -0.15) is 0 Å². The van der Waals surface area contributed by atoms with Gasteiger partial charge in [-0.05, 0) is 0 Å². The van der Waals surface area contributed by atoms with E-state index in [-0.39, 0.29) is 0 Å². The van der Waals surface area contributed by atoms with Gasteiger partial charge in [0.05, 0.1) is 0 Å². The molecule has 0 saturated carbocycles. The van der Waals surface area contributed by atoms with Gasteiger partial charge in [0.1, 0.15) is 0 Å². The summed E-state index contributed by atoms with van der Waals surface area (Å²) in [4.78, 5) is 0. The van der Waals surface area contributed by atoms with Crippen LogP contribution >= 0.6 is 0 Å². The topological polar surface area (TPSA) is 0 Å². The quantitative estimate of drug-likeness (QED) is 0.298. The summed E-state index contributed by atoms with van der Waals surface area (Å²) in [5, 5.41) is 0. The van der Waals surface area contributed by atoms with E-state index in [2.05, 4.69) is 32.5 Å². The van der Waals surface area contributed by atoms with Gasteiger partial charge >= 0.3 is 121 Å². The summed E-state index contributed by atoms with van der Waals surface area (Å²) in [6.45, 7) is 4.50. The summed E-state index contributed by atoms with van der Waals surface area (Å²) >= 11 is -1.08. The molecule has 0 heterocycles. The SMILES string of the molecule is CCCCCCC#[C][Hg][C]#CCCCCCC. The minimum atomic E-state index is -1.08. The molecular weight excluding hydrogens is 393 g/mol. The number of hydrogen-bond donors (Lipinski definition) is 0. The van der Waals surface area contributed by atoms with Crippen LogP contribution in [0.25, 0.3) is 0 Å². The Labute approximate surface area is 121 Å². The minimum absolute atomic E-state index is 1.08. The maximum atomic E-state index is 3.36. The van der Waals surface area contributed by atoms with Crippen molar-refractivity contribution in [3.8, 4) is 18.7 Å². The summed E-state index contributed by atoms with van der Waals surface area (Å²) in [6, 6.07) is 0. The van der Waals surface area contributed by atoms with Crippen molar-refractivity contribution in [3.63, 3.8) is 0 Å². The van der Waals surface area contributed by atoms with Crippen molar-refractivity contribution < 1.29 is 24.6 Å². The molecule has 0 aliphatic rings. The van der Waals surface area contributed by atoms with Gasteiger partial charge in [-0.1, -0.05) is 0 Å². The zero-order valence-corrected chi connectivity index (χ0v) is 17.3. The molecule has 0 bridgehead atoms. The van der Waals surface area contributed by atoms with E-state index in [0.29, 0.717) is 0 Å². The summed E-state index contributed by atoms with van der Waals surface area (Å²) in [5.41, 5.74) is 0. The van der Waals surface area contributed by atoms with Gasteiger partial charge in [0.2, 0.25) is 0 Å². The fourth-order valence-corrected chi connectivity index (χ4v) is 4.32. The van der Waals surface area contributed by atoms with Gasteiger partial charge in [0.25, 0.3) is 0 Å². The standard InChI is InChI=1S/2C8H13.Hg/c2*1-3-5-7-8-6-4-2;/h2*3,5-8H2,1H3;. The van der Waals surface area contributed by atoms with E-state index in [1.54, 1.807) is 0 Å². The van der Waals surface area contributed by atoms with Crippen LogP contribution in [0, 0.1) is 18.7 Å². The van der Waals surface area contributed by atoms with Crippen LogP contribution < -0.4 is 0 Å². The molecule has 92 valence electrons. The molecule has 0 fully saturated rings. The third-order valence-electron chi connectivity index (χ3n) is 2.74. The molecule has 0 unspecified atom stereocenters. The van der Waals surface area contributed by atoms with Crippen molar-refractivity contribution in [3.05, 3.63) is 0 Å². The molecule has 0 rings (SSSR count). The van der Waals surface area contributed by atoms with Crippen molar-refractivity contribution >= 4 is 0 Å². The predicted molar refractivity (Wildman–Crippen MR) is 73.1 cm³/mol. The van der Waals surface area contributed by atoms with Crippen LogP contribution in [0.5, 0.6) is 0 Å². The first-order valence-electron chi connectivity index (χ1n) is 7.33. The van der Waals surface area contributed by atoms with E-state index < -0.39 is 24.6 Å². The Kier molecular flexibility index (Phi) is 16.1. The average Bonchev–Trinajstić information content (AvgIpc) is 2.35. The van der Waals surface area contributed by atoms with Gasteiger partial charge in [-0.15, -0.1) is 0 Å². The van der Waals surface area contributed by atoms with Gasteiger partial charge in [0.15, 0.2) is 0 Å². The molecule has 0 atom stereocenters. The fourth-order valence-electron chi connectivity index (χ4n) is 1.63. The fraction of sp³-hybridized carbons (Fsp3) is 0.750. The second-order valence-electron chi connectivity index (χ2n) is 4.51. The van der Waals surface area contributed by atoms with E-state index in [1.807, 2.05) is 0 Å². The van der Waals surface area contributed by atoms with E-state index in [0.717, 1.165) is 12.8 Å². The molecule has 0 aromatic carbocycles. The summed E-state index contributed by atoms with van der Waals surface area (Å²) < 4.78 is 6.73. The van der Waals surface area contributed by atoms with Crippen LogP contribution in [0.1, 0.15) is 78.1 Å². The first-order chi connectivity index (χ1) is 8.41. The molecule has 0 aliphatic heterocycles. The average molecular weight is 419 g/mol. The van der Waals surface area contributed by atoms with Crippen LogP contribution in [0.15, 0.2) is 0 Å². The van der Waals surface area contributed by atoms with Gasteiger partial charge < -0.3 is 0 Å². The van der Waals surface area contributed by atoms with Crippen LogP contribution in [-0.2, 0) is 24.6 Å². The summed E-state index contributed by atoms with van der Waals surface area (Å²) in [6.07, 6.45) is 12.9. The Balaban J connectivity index is 3.25. The van der Waals surface area contributed by atoms with Gasteiger partial charge in [0, 0.05) is 0 Å². The Morgan fingerprint density at radius 2 is 1.12 bits per heavy atom. The van der Waals surface area contributed by atoms with Crippen molar-refractivity contribution in [1.82, 2.24) is 0 Å². The van der Waals surface area contributed by atoms with Gasteiger partial charge in [-0.3, -0.25) is 0 Å². The molecule has 0 aliphatic carbocycles. The molecule has 0 spiro atoms. The first kappa shape index (κ1) is 17.1. The Morgan fingerprint density at radius 1 is 0.647 bits per heavy atom. The van der Waals surface area contributed by atoms with Crippen LogP contribution in [0.3, 0.4) is 0 Å². The van der Waals surface area contributed by atoms with Crippen LogP contribution in [0.4, 0.5) is 0 Å². The maximum absolute atomic E-state index is 3.36. The van der Waals surface area contributed by atoms with E-state index in [1.165, 1.54) is 51.4 Å². The number of unbranched alkanes of at least 4 members (excludes halogenated alkanes) is 8. The molecule has 0 N–H and O–H groups in total. The second-order valence-corrected chi connectivity index (χ2v) is 8.63. The van der Waals surface area contributed by atoms with E-state index >= 15 is 0 Å². The van der Waals surface area contributed by atoms with E-state index in [9.17, 15) is 0 Å².